The summed E-state index contributed by atoms with van der Waals surface area (Å²) in [5.74, 6) is 0.539. The second-order valence-corrected chi connectivity index (χ2v) is 6.46. The van der Waals surface area contributed by atoms with Gasteiger partial charge in [0, 0.05) is 41.9 Å². The molecule has 3 aromatic rings. The summed E-state index contributed by atoms with van der Waals surface area (Å²) in [6.45, 7) is 7.97. The van der Waals surface area contributed by atoms with Crippen molar-refractivity contribution in [1.29, 1.82) is 0 Å². The lowest BCUT2D eigenvalue weighted by Crippen LogP contribution is -2.23. The van der Waals surface area contributed by atoms with Crippen LogP contribution >= 0.6 is 0 Å². The number of aryl methyl sites for hydroxylation is 1. The highest BCUT2D eigenvalue weighted by molar-refractivity contribution is 6.05. The Morgan fingerprint density at radius 3 is 2.57 bits per heavy atom. The zero-order valence-corrected chi connectivity index (χ0v) is 16.1. The van der Waals surface area contributed by atoms with Gasteiger partial charge in [0.25, 0.3) is 11.6 Å². The van der Waals surface area contributed by atoms with Crippen molar-refractivity contribution in [3.63, 3.8) is 0 Å². The molecule has 0 aliphatic heterocycles. The van der Waals surface area contributed by atoms with Gasteiger partial charge in [-0.3, -0.25) is 14.9 Å². The topological polar surface area (TPSA) is 88.4 Å². The average molecular weight is 378 g/mol. The van der Waals surface area contributed by atoms with Gasteiger partial charge in [-0.25, -0.2) is 4.98 Å². The van der Waals surface area contributed by atoms with Crippen LogP contribution in [0.5, 0.6) is 0 Å². The number of hydrogen-bond donors (Lipinski definition) is 1. The lowest BCUT2D eigenvalue weighted by molar-refractivity contribution is -0.384. The number of amides is 1. The molecular formula is C21H22N4O3. The Morgan fingerprint density at radius 2 is 1.89 bits per heavy atom. The molecule has 1 N–H and O–H groups in total. The van der Waals surface area contributed by atoms with E-state index in [2.05, 4.69) is 24.1 Å². The number of nitrogens with zero attached hydrogens (tertiary/aromatic N) is 3. The number of fused-ring (bicyclic) bond motifs is 1. The van der Waals surface area contributed by atoms with Crippen LogP contribution in [0.3, 0.4) is 0 Å². The molecule has 1 amide bonds. The maximum atomic E-state index is 12.5. The first-order valence-electron chi connectivity index (χ1n) is 9.15. The summed E-state index contributed by atoms with van der Waals surface area (Å²) in [4.78, 5) is 29.8. The third kappa shape index (κ3) is 3.93. The number of carbonyl (C=O) groups excluding carboxylic acids is 1. The highest BCUT2D eigenvalue weighted by atomic mass is 16.6. The summed E-state index contributed by atoms with van der Waals surface area (Å²) in [6.07, 6.45) is 0. The van der Waals surface area contributed by atoms with Gasteiger partial charge < -0.3 is 10.2 Å². The van der Waals surface area contributed by atoms with Gasteiger partial charge in [-0.1, -0.05) is 6.07 Å². The molecule has 0 saturated heterocycles. The summed E-state index contributed by atoms with van der Waals surface area (Å²) in [5.41, 5.74) is 2.66. The highest BCUT2D eigenvalue weighted by Gasteiger charge is 2.13. The molecule has 0 spiro atoms. The molecule has 0 saturated carbocycles. The van der Waals surface area contributed by atoms with Gasteiger partial charge in [0.15, 0.2) is 0 Å². The molecule has 0 radical (unpaired) electrons. The third-order valence-corrected chi connectivity index (χ3v) is 4.67. The van der Waals surface area contributed by atoms with Crippen LogP contribution in [-0.2, 0) is 0 Å². The Labute approximate surface area is 163 Å². The molecule has 28 heavy (non-hydrogen) atoms. The van der Waals surface area contributed by atoms with Gasteiger partial charge >= 0.3 is 0 Å². The second-order valence-electron chi connectivity index (χ2n) is 6.46. The molecule has 0 aliphatic carbocycles. The lowest BCUT2D eigenvalue weighted by atomic mass is 10.1. The van der Waals surface area contributed by atoms with Gasteiger partial charge in [-0.2, -0.15) is 0 Å². The van der Waals surface area contributed by atoms with Crippen molar-refractivity contribution in [2.45, 2.75) is 20.8 Å². The van der Waals surface area contributed by atoms with Gasteiger partial charge in [-0.05, 0) is 56.7 Å². The van der Waals surface area contributed by atoms with E-state index < -0.39 is 10.8 Å². The molecule has 0 fully saturated rings. The Kier molecular flexibility index (Phi) is 5.54. The molecule has 0 aliphatic rings. The molecule has 1 aromatic heterocycles. The van der Waals surface area contributed by atoms with Crippen molar-refractivity contribution in [1.82, 2.24) is 4.98 Å². The number of nitro groups is 1. The van der Waals surface area contributed by atoms with Gasteiger partial charge in [-0.15, -0.1) is 0 Å². The first kappa shape index (κ1) is 19.3. The fourth-order valence-electron chi connectivity index (χ4n) is 3.13. The minimum Gasteiger partial charge on any atom is -0.357 e. The van der Waals surface area contributed by atoms with Crippen molar-refractivity contribution in [3.05, 3.63) is 69.8 Å². The van der Waals surface area contributed by atoms with E-state index in [1.54, 1.807) is 12.1 Å². The molecule has 144 valence electrons. The number of non-ortho nitro benzene ring substituents is 1. The van der Waals surface area contributed by atoms with Crippen LogP contribution in [0.25, 0.3) is 10.9 Å². The normalized spacial score (nSPS) is 10.7. The van der Waals surface area contributed by atoms with E-state index in [9.17, 15) is 14.9 Å². The zero-order chi connectivity index (χ0) is 20.3. The summed E-state index contributed by atoms with van der Waals surface area (Å²) in [7, 11) is 0. The van der Waals surface area contributed by atoms with E-state index in [1.165, 1.54) is 18.2 Å². The Morgan fingerprint density at radius 1 is 1.14 bits per heavy atom. The van der Waals surface area contributed by atoms with E-state index in [1.807, 2.05) is 25.1 Å². The number of anilines is 2. The molecule has 3 rings (SSSR count). The van der Waals surface area contributed by atoms with Crippen molar-refractivity contribution >= 4 is 34.0 Å². The Hall–Kier alpha value is -3.48. The minimum absolute atomic E-state index is 0.116. The minimum atomic E-state index is -0.519. The fraction of sp³-hybridized carbons (Fsp3) is 0.238. The second kappa shape index (κ2) is 8.04. The SMILES string of the molecule is CCN(CC)c1cc(C)c2cc(NC(=O)c3cccc([N+](=O)[O-])c3)ccc2n1. The molecule has 0 atom stereocenters. The van der Waals surface area contributed by atoms with E-state index in [0.29, 0.717) is 5.69 Å². The molecule has 1 heterocycles. The fourth-order valence-corrected chi connectivity index (χ4v) is 3.13. The van der Waals surface area contributed by atoms with E-state index in [4.69, 9.17) is 4.98 Å². The number of nitrogens with one attached hydrogen (secondary N) is 1. The predicted octanol–water partition coefficient (Wildman–Crippen LogP) is 4.55. The average Bonchev–Trinajstić information content (AvgIpc) is 2.69. The summed E-state index contributed by atoms with van der Waals surface area (Å²) in [5, 5.41) is 14.7. The van der Waals surface area contributed by atoms with Gasteiger partial charge in [0.05, 0.1) is 10.4 Å². The van der Waals surface area contributed by atoms with E-state index in [-0.39, 0.29) is 11.3 Å². The van der Waals surface area contributed by atoms with Crippen LogP contribution in [0.15, 0.2) is 48.5 Å². The summed E-state index contributed by atoms with van der Waals surface area (Å²) < 4.78 is 0. The van der Waals surface area contributed by atoms with Crippen molar-refractivity contribution < 1.29 is 9.72 Å². The molecule has 7 nitrogen and oxygen atoms in total. The molecule has 0 bridgehead atoms. The summed E-state index contributed by atoms with van der Waals surface area (Å²) in [6, 6.07) is 13.2. The number of hydrogen-bond acceptors (Lipinski definition) is 5. The highest BCUT2D eigenvalue weighted by Crippen LogP contribution is 2.26. The first-order chi connectivity index (χ1) is 13.4. The Bertz CT molecular complexity index is 1050. The number of nitro benzene ring substituents is 1. The first-order valence-corrected chi connectivity index (χ1v) is 9.15. The maximum Gasteiger partial charge on any atom is 0.270 e. The molecular weight excluding hydrogens is 356 g/mol. The van der Waals surface area contributed by atoms with Crippen molar-refractivity contribution in [2.75, 3.05) is 23.3 Å². The molecule has 7 heteroatoms. The number of rotatable bonds is 6. The number of carbonyl (C=O) groups is 1. The van der Waals surface area contributed by atoms with Gasteiger partial charge in [0.2, 0.25) is 0 Å². The summed E-state index contributed by atoms with van der Waals surface area (Å²) >= 11 is 0. The largest absolute Gasteiger partial charge is 0.357 e. The monoisotopic (exact) mass is 378 g/mol. The van der Waals surface area contributed by atoms with Crippen LogP contribution in [-0.4, -0.2) is 28.9 Å². The van der Waals surface area contributed by atoms with Crippen LogP contribution in [0.4, 0.5) is 17.2 Å². The zero-order valence-electron chi connectivity index (χ0n) is 16.1. The maximum absolute atomic E-state index is 12.5. The number of benzene rings is 2. The van der Waals surface area contributed by atoms with Crippen LogP contribution < -0.4 is 10.2 Å². The van der Waals surface area contributed by atoms with Gasteiger partial charge in [0.1, 0.15) is 5.82 Å². The quantitative estimate of drug-likeness (QED) is 0.502. The standard InChI is InChI=1S/C21H22N4O3/c1-4-24(5-2)20-11-14(3)18-13-16(9-10-19(18)23-20)22-21(26)15-7-6-8-17(12-15)25(27)28/h6-13H,4-5H2,1-3H3,(H,22,26). The smallest absolute Gasteiger partial charge is 0.270 e. The van der Waals surface area contributed by atoms with Crippen LogP contribution in [0.1, 0.15) is 29.8 Å². The van der Waals surface area contributed by atoms with Crippen molar-refractivity contribution in [3.8, 4) is 0 Å². The van der Waals surface area contributed by atoms with E-state index >= 15 is 0 Å². The number of pyridine rings is 1. The molecule has 2 aromatic carbocycles. The lowest BCUT2D eigenvalue weighted by Gasteiger charge is -2.21. The predicted molar refractivity (Wildman–Crippen MR) is 111 cm³/mol. The van der Waals surface area contributed by atoms with Crippen LogP contribution in [0.2, 0.25) is 0 Å². The molecule has 0 unspecified atom stereocenters. The van der Waals surface area contributed by atoms with Crippen molar-refractivity contribution in [2.24, 2.45) is 0 Å². The Balaban J connectivity index is 1.89. The van der Waals surface area contributed by atoms with E-state index in [0.717, 1.165) is 35.4 Å². The van der Waals surface area contributed by atoms with Crippen LogP contribution in [0, 0.1) is 17.0 Å². The third-order valence-electron chi connectivity index (χ3n) is 4.67. The number of aromatic nitrogens is 1.